The van der Waals surface area contributed by atoms with E-state index in [1.807, 2.05) is 0 Å². The summed E-state index contributed by atoms with van der Waals surface area (Å²) < 4.78 is 4.64. The number of carbonyl (C=O) groups is 2. The summed E-state index contributed by atoms with van der Waals surface area (Å²) in [6.45, 7) is 1.67. The summed E-state index contributed by atoms with van der Waals surface area (Å²) in [6.07, 6.45) is 0. The smallest absolute Gasteiger partial charge is 0.325 e. The second kappa shape index (κ2) is 6.36. The molecule has 0 aliphatic rings. The van der Waals surface area contributed by atoms with Gasteiger partial charge in [-0.2, -0.15) is 0 Å². The van der Waals surface area contributed by atoms with Crippen LogP contribution in [-0.2, 0) is 9.53 Å². The van der Waals surface area contributed by atoms with Crippen LogP contribution in [0.1, 0.15) is 17.3 Å². The lowest BCUT2D eigenvalue weighted by atomic mass is 10.3. The highest BCUT2D eigenvalue weighted by molar-refractivity contribution is 6.34. The molecule has 0 aliphatic carbocycles. The highest BCUT2D eigenvalue weighted by atomic mass is 35.5. The maximum atomic E-state index is 11.6. The third-order valence-corrected chi connectivity index (χ3v) is 2.13. The topological polar surface area (TPSA) is 81.2 Å². The lowest BCUT2D eigenvalue weighted by Crippen LogP contribution is -2.31. The van der Waals surface area contributed by atoms with Crippen LogP contribution in [0.4, 0.5) is 0 Å². The molecule has 8 heteroatoms. The Balaban J connectivity index is 2.64. The maximum absolute atomic E-state index is 11.6. The van der Waals surface area contributed by atoms with Gasteiger partial charge in [0, 0.05) is 0 Å². The van der Waals surface area contributed by atoms with Crippen molar-refractivity contribution in [3.63, 3.8) is 0 Å². The summed E-state index contributed by atoms with van der Waals surface area (Å²) >= 11 is 11.2. The van der Waals surface area contributed by atoms with Crippen LogP contribution in [0.2, 0.25) is 10.3 Å². The minimum absolute atomic E-state index is 0.0377. The van der Waals surface area contributed by atoms with Gasteiger partial charge in [0.25, 0.3) is 5.91 Å². The van der Waals surface area contributed by atoms with E-state index in [4.69, 9.17) is 23.2 Å². The van der Waals surface area contributed by atoms with Gasteiger partial charge in [-0.05, 0) is 13.0 Å². The average Bonchev–Trinajstić information content (AvgIpc) is 2.29. The molecule has 1 N–H and O–H groups in total. The number of hydrogen-bond donors (Lipinski definition) is 1. The molecule has 0 aromatic carbocycles. The predicted octanol–water partition coefficient (Wildman–Crippen LogP) is 1.08. The van der Waals surface area contributed by atoms with Gasteiger partial charge in [-0.1, -0.05) is 23.2 Å². The number of hydrogen-bond acceptors (Lipinski definition) is 5. The fourth-order valence-electron chi connectivity index (χ4n) is 0.972. The Labute approximate surface area is 107 Å². The number of ether oxygens (including phenoxy) is 1. The molecule has 0 spiro atoms. The zero-order chi connectivity index (χ0) is 12.8. The van der Waals surface area contributed by atoms with E-state index < -0.39 is 11.9 Å². The highest BCUT2D eigenvalue weighted by Gasteiger charge is 2.14. The Morgan fingerprint density at radius 2 is 2.12 bits per heavy atom. The van der Waals surface area contributed by atoms with Crippen molar-refractivity contribution in [2.24, 2.45) is 0 Å². The van der Waals surface area contributed by atoms with Gasteiger partial charge in [0.15, 0.2) is 10.3 Å². The Kier molecular flexibility index (Phi) is 5.11. The number of aromatic nitrogens is 2. The van der Waals surface area contributed by atoms with Crippen LogP contribution < -0.4 is 5.32 Å². The zero-order valence-electron chi connectivity index (χ0n) is 8.87. The van der Waals surface area contributed by atoms with Crippen LogP contribution in [0, 0.1) is 0 Å². The van der Waals surface area contributed by atoms with Crippen molar-refractivity contribution in [1.29, 1.82) is 0 Å². The first-order valence-electron chi connectivity index (χ1n) is 4.67. The van der Waals surface area contributed by atoms with Gasteiger partial charge >= 0.3 is 5.97 Å². The first-order chi connectivity index (χ1) is 8.04. The van der Waals surface area contributed by atoms with Gasteiger partial charge in [-0.15, -0.1) is 10.2 Å². The van der Waals surface area contributed by atoms with Crippen LogP contribution >= 0.6 is 23.2 Å². The molecule has 1 aromatic rings. The predicted molar refractivity (Wildman–Crippen MR) is 61.0 cm³/mol. The van der Waals surface area contributed by atoms with Crippen molar-refractivity contribution in [3.8, 4) is 0 Å². The fourth-order valence-corrected chi connectivity index (χ4v) is 1.30. The van der Waals surface area contributed by atoms with Crippen molar-refractivity contribution in [1.82, 2.24) is 15.5 Å². The molecule has 0 aliphatic heterocycles. The Morgan fingerprint density at radius 3 is 2.76 bits per heavy atom. The monoisotopic (exact) mass is 277 g/mol. The minimum atomic E-state index is -0.570. The lowest BCUT2D eigenvalue weighted by Gasteiger charge is -2.05. The summed E-state index contributed by atoms with van der Waals surface area (Å²) in [6, 6.07) is 1.26. The summed E-state index contributed by atoms with van der Waals surface area (Å²) in [4.78, 5) is 22.6. The van der Waals surface area contributed by atoms with Crippen LogP contribution in [-0.4, -0.2) is 35.2 Å². The summed E-state index contributed by atoms with van der Waals surface area (Å²) in [5, 5.41) is 9.21. The normalized spacial score (nSPS) is 9.82. The van der Waals surface area contributed by atoms with E-state index in [-0.39, 0.29) is 29.0 Å². The second-order valence-electron chi connectivity index (χ2n) is 2.86. The Hall–Kier alpha value is -1.40. The van der Waals surface area contributed by atoms with E-state index in [2.05, 4.69) is 20.3 Å². The van der Waals surface area contributed by atoms with Crippen LogP contribution in [0.25, 0.3) is 0 Å². The first-order valence-corrected chi connectivity index (χ1v) is 5.42. The van der Waals surface area contributed by atoms with Crippen molar-refractivity contribution in [2.75, 3.05) is 13.2 Å². The number of halogens is 2. The first kappa shape index (κ1) is 13.7. The highest BCUT2D eigenvalue weighted by Crippen LogP contribution is 2.14. The van der Waals surface area contributed by atoms with Crippen LogP contribution in [0.3, 0.4) is 0 Å². The van der Waals surface area contributed by atoms with Crippen molar-refractivity contribution in [3.05, 3.63) is 21.9 Å². The van der Waals surface area contributed by atoms with Gasteiger partial charge in [0.2, 0.25) is 0 Å². The van der Waals surface area contributed by atoms with Crippen molar-refractivity contribution in [2.45, 2.75) is 6.92 Å². The molecule has 0 bridgehead atoms. The quantitative estimate of drug-likeness (QED) is 0.833. The zero-order valence-corrected chi connectivity index (χ0v) is 10.4. The third-order valence-electron chi connectivity index (χ3n) is 1.66. The standard InChI is InChI=1S/C9H9Cl2N3O3/c1-2-17-7(15)4-12-9(16)5-3-6(10)13-14-8(5)11/h3H,2,4H2,1H3,(H,12,16). The molecule has 0 fully saturated rings. The molecule has 0 atom stereocenters. The van der Waals surface area contributed by atoms with Gasteiger partial charge in [-0.25, -0.2) is 0 Å². The number of rotatable bonds is 4. The molecule has 17 heavy (non-hydrogen) atoms. The number of nitrogens with zero attached hydrogens (tertiary/aromatic N) is 2. The maximum Gasteiger partial charge on any atom is 0.325 e. The Morgan fingerprint density at radius 1 is 1.41 bits per heavy atom. The molecule has 1 rings (SSSR count). The van der Waals surface area contributed by atoms with Gasteiger partial charge in [0.1, 0.15) is 6.54 Å². The summed E-state index contributed by atoms with van der Waals surface area (Å²) in [5.41, 5.74) is 0.0518. The number of carbonyl (C=O) groups excluding carboxylic acids is 2. The Bertz CT molecular complexity index is 439. The largest absolute Gasteiger partial charge is 0.465 e. The van der Waals surface area contributed by atoms with Crippen molar-refractivity contribution < 1.29 is 14.3 Å². The minimum Gasteiger partial charge on any atom is -0.465 e. The van der Waals surface area contributed by atoms with E-state index in [9.17, 15) is 9.59 Å². The molecule has 0 saturated heterocycles. The van der Waals surface area contributed by atoms with Gasteiger partial charge in [-0.3, -0.25) is 9.59 Å². The molecule has 92 valence electrons. The van der Waals surface area contributed by atoms with Crippen LogP contribution in [0.15, 0.2) is 6.07 Å². The van der Waals surface area contributed by atoms with Crippen molar-refractivity contribution >= 4 is 35.1 Å². The van der Waals surface area contributed by atoms with E-state index in [0.29, 0.717) is 0 Å². The van der Waals surface area contributed by atoms with E-state index in [1.54, 1.807) is 6.92 Å². The third kappa shape index (κ3) is 4.16. The average molecular weight is 278 g/mol. The van der Waals surface area contributed by atoms with E-state index >= 15 is 0 Å². The van der Waals surface area contributed by atoms with Gasteiger partial charge in [0.05, 0.1) is 12.2 Å². The summed E-state index contributed by atoms with van der Waals surface area (Å²) in [5.74, 6) is -1.11. The molecular weight excluding hydrogens is 269 g/mol. The van der Waals surface area contributed by atoms with Gasteiger partial charge < -0.3 is 10.1 Å². The molecule has 1 heterocycles. The molecule has 0 saturated carbocycles. The SMILES string of the molecule is CCOC(=O)CNC(=O)c1cc(Cl)nnc1Cl. The molecule has 0 unspecified atom stereocenters. The summed E-state index contributed by atoms with van der Waals surface area (Å²) in [7, 11) is 0. The number of amides is 1. The second-order valence-corrected chi connectivity index (χ2v) is 3.60. The molecular formula is C9H9Cl2N3O3. The van der Waals surface area contributed by atoms with Crippen LogP contribution in [0.5, 0.6) is 0 Å². The fraction of sp³-hybridized carbons (Fsp3) is 0.333. The molecule has 1 aromatic heterocycles. The van der Waals surface area contributed by atoms with E-state index in [1.165, 1.54) is 6.07 Å². The molecule has 1 amide bonds. The lowest BCUT2D eigenvalue weighted by molar-refractivity contribution is -0.141. The molecule has 6 nitrogen and oxygen atoms in total. The molecule has 0 radical (unpaired) electrons. The van der Waals surface area contributed by atoms with E-state index in [0.717, 1.165) is 0 Å². The number of nitrogens with one attached hydrogen (secondary N) is 1. The number of esters is 1.